The van der Waals surface area contributed by atoms with Gasteiger partial charge in [0.2, 0.25) is 0 Å². The van der Waals surface area contributed by atoms with Crippen molar-refractivity contribution in [2.45, 2.75) is 31.7 Å². The van der Waals surface area contributed by atoms with E-state index in [0.717, 1.165) is 11.2 Å². The number of nitrogens with two attached hydrogens (primary N) is 1. The fourth-order valence-electron chi connectivity index (χ4n) is 2.05. The molecule has 1 unspecified atom stereocenters. The Bertz CT molecular complexity index is 459. The third-order valence-corrected chi connectivity index (χ3v) is 2.98. The van der Waals surface area contributed by atoms with Gasteiger partial charge in [-0.2, -0.15) is 0 Å². The molecule has 3 heteroatoms. The predicted molar refractivity (Wildman–Crippen MR) is 59.8 cm³/mol. The molecule has 2 aromatic rings. The molecule has 2 N–H and O–H groups in total. The molecule has 1 atom stereocenters. The second kappa shape index (κ2) is 3.07. The minimum absolute atomic E-state index is 0.00917. The smallest absolute Gasteiger partial charge is 0.116 e. The topological polar surface area (TPSA) is 43.3 Å². The average molecular weight is 201 g/mol. The van der Waals surface area contributed by atoms with E-state index in [4.69, 9.17) is 5.73 Å². The molecule has 1 fully saturated rings. The molecule has 3 nitrogen and oxygen atoms in total. The number of hydrogen-bond acceptors (Lipinski definition) is 2. The maximum absolute atomic E-state index is 5.94. The second-order valence-corrected chi connectivity index (χ2v) is 4.37. The van der Waals surface area contributed by atoms with Gasteiger partial charge in [-0.3, -0.25) is 0 Å². The Morgan fingerprint density at radius 1 is 1.47 bits per heavy atom. The van der Waals surface area contributed by atoms with Crippen molar-refractivity contribution < 1.29 is 0 Å². The van der Waals surface area contributed by atoms with Crippen molar-refractivity contribution >= 4 is 5.52 Å². The van der Waals surface area contributed by atoms with Crippen LogP contribution in [0.5, 0.6) is 0 Å². The van der Waals surface area contributed by atoms with Crippen molar-refractivity contribution in [3.05, 3.63) is 35.9 Å². The molecule has 1 aliphatic rings. The minimum atomic E-state index is 0.00917. The third-order valence-electron chi connectivity index (χ3n) is 2.98. The summed E-state index contributed by atoms with van der Waals surface area (Å²) in [7, 11) is 0. The summed E-state index contributed by atoms with van der Waals surface area (Å²) in [6.07, 6.45) is 4.63. The zero-order valence-electron chi connectivity index (χ0n) is 8.85. The van der Waals surface area contributed by atoms with Gasteiger partial charge in [0.1, 0.15) is 5.82 Å². The summed E-state index contributed by atoms with van der Waals surface area (Å²) in [4.78, 5) is 4.69. The van der Waals surface area contributed by atoms with Crippen molar-refractivity contribution in [1.82, 2.24) is 9.38 Å². The van der Waals surface area contributed by atoms with E-state index in [1.54, 1.807) is 0 Å². The van der Waals surface area contributed by atoms with Gasteiger partial charge in [0, 0.05) is 18.2 Å². The van der Waals surface area contributed by atoms with Crippen LogP contribution >= 0.6 is 0 Å². The van der Waals surface area contributed by atoms with Crippen LogP contribution in [-0.4, -0.2) is 9.38 Å². The number of pyridine rings is 1. The highest BCUT2D eigenvalue weighted by atomic mass is 15.0. The molecule has 0 spiro atoms. The average Bonchev–Trinajstić information content (AvgIpc) is 2.99. The SMILES string of the molecule is CC(N)c1nc(C2CC2)n2ccccc12. The van der Waals surface area contributed by atoms with Crippen LogP contribution in [0.3, 0.4) is 0 Å². The normalized spacial score (nSPS) is 18.3. The molecule has 0 aromatic carbocycles. The van der Waals surface area contributed by atoms with Gasteiger partial charge in [-0.1, -0.05) is 6.07 Å². The summed E-state index contributed by atoms with van der Waals surface area (Å²) in [6.45, 7) is 1.99. The molecule has 0 saturated heterocycles. The van der Waals surface area contributed by atoms with Crippen molar-refractivity contribution in [2.75, 3.05) is 0 Å². The summed E-state index contributed by atoms with van der Waals surface area (Å²) >= 11 is 0. The Morgan fingerprint density at radius 3 is 2.93 bits per heavy atom. The van der Waals surface area contributed by atoms with Gasteiger partial charge in [-0.05, 0) is 31.9 Å². The van der Waals surface area contributed by atoms with Gasteiger partial charge in [0.15, 0.2) is 0 Å². The van der Waals surface area contributed by atoms with Gasteiger partial charge in [-0.15, -0.1) is 0 Å². The lowest BCUT2D eigenvalue weighted by Gasteiger charge is -2.00. The molecular formula is C12H15N3. The first-order valence-corrected chi connectivity index (χ1v) is 5.50. The van der Waals surface area contributed by atoms with Crippen LogP contribution in [0.2, 0.25) is 0 Å². The Kier molecular flexibility index (Phi) is 1.83. The van der Waals surface area contributed by atoms with Crippen LogP contribution in [0, 0.1) is 0 Å². The quantitative estimate of drug-likeness (QED) is 0.809. The maximum atomic E-state index is 5.94. The minimum Gasteiger partial charge on any atom is -0.323 e. The molecule has 1 aliphatic carbocycles. The molecule has 3 rings (SSSR count). The van der Waals surface area contributed by atoms with E-state index in [1.165, 1.54) is 18.7 Å². The highest BCUT2D eigenvalue weighted by Crippen LogP contribution is 2.40. The van der Waals surface area contributed by atoms with E-state index in [2.05, 4.69) is 21.6 Å². The molecule has 15 heavy (non-hydrogen) atoms. The Labute approximate surface area is 88.9 Å². The van der Waals surface area contributed by atoms with E-state index >= 15 is 0 Å². The summed E-state index contributed by atoms with van der Waals surface area (Å²) in [5.41, 5.74) is 8.12. The van der Waals surface area contributed by atoms with Gasteiger partial charge >= 0.3 is 0 Å². The standard InChI is InChI=1S/C12H15N3/c1-8(13)11-10-4-2-3-7-15(10)12(14-11)9-5-6-9/h2-4,7-9H,5-6,13H2,1H3. The van der Waals surface area contributed by atoms with Crippen LogP contribution in [-0.2, 0) is 0 Å². The number of hydrogen-bond donors (Lipinski definition) is 1. The van der Waals surface area contributed by atoms with E-state index < -0.39 is 0 Å². The Hall–Kier alpha value is -1.35. The maximum Gasteiger partial charge on any atom is 0.116 e. The van der Waals surface area contributed by atoms with Crippen LogP contribution in [0.25, 0.3) is 5.52 Å². The summed E-state index contributed by atoms with van der Waals surface area (Å²) in [5.74, 6) is 1.85. The number of imidazole rings is 1. The molecule has 0 aliphatic heterocycles. The lowest BCUT2D eigenvalue weighted by atomic mass is 10.2. The Morgan fingerprint density at radius 2 is 2.27 bits per heavy atom. The first-order valence-electron chi connectivity index (χ1n) is 5.50. The van der Waals surface area contributed by atoms with Crippen molar-refractivity contribution in [3.63, 3.8) is 0 Å². The lowest BCUT2D eigenvalue weighted by Crippen LogP contribution is -2.05. The zero-order valence-corrected chi connectivity index (χ0v) is 8.85. The van der Waals surface area contributed by atoms with E-state index in [0.29, 0.717) is 5.92 Å². The summed E-state index contributed by atoms with van der Waals surface area (Å²) < 4.78 is 2.19. The van der Waals surface area contributed by atoms with Crippen molar-refractivity contribution in [2.24, 2.45) is 5.73 Å². The number of aromatic nitrogens is 2. The van der Waals surface area contributed by atoms with Crippen LogP contribution < -0.4 is 5.73 Å². The van der Waals surface area contributed by atoms with Crippen LogP contribution in [0.15, 0.2) is 24.4 Å². The highest BCUT2D eigenvalue weighted by Gasteiger charge is 2.29. The summed E-state index contributed by atoms with van der Waals surface area (Å²) in [6, 6.07) is 6.19. The lowest BCUT2D eigenvalue weighted by molar-refractivity contribution is 0.786. The molecular weight excluding hydrogens is 186 g/mol. The fraction of sp³-hybridized carbons (Fsp3) is 0.417. The fourth-order valence-corrected chi connectivity index (χ4v) is 2.05. The van der Waals surface area contributed by atoms with Crippen molar-refractivity contribution in [3.8, 4) is 0 Å². The Balaban J connectivity index is 2.27. The third kappa shape index (κ3) is 1.35. The monoisotopic (exact) mass is 201 g/mol. The molecule has 78 valence electrons. The molecule has 0 radical (unpaired) electrons. The molecule has 0 amide bonds. The molecule has 1 saturated carbocycles. The van der Waals surface area contributed by atoms with Gasteiger partial charge in [0.05, 0.1) is 11.2 Å². The van der Waals surface area contributed by atoms with Crippen LogP contribution in [0.1, 0.15) is 43.2 Å². The van der Waals surface area contributed by atoms with E-state index in [1.807, 2.05) is 19.1 Å². The van der Waals surface area contributed by atoms with E-state index in [-0.39, 0.29) is 6.04 Å². The second-order valence-electron chi connectivity index (χ2n) is 4.37. The molecule has 2 heterocycles. The van der Waals surface area contributed by atoms with Gasteiger partial charge in [0.25, 0.3) is 0 Å². The van der Waals surface area contributed by atoms with E-state index in [9.17, 15) is 0 Å². The highest BCUT2D eigenvalue weighted by molar-refractivity contribution is 5.55. The van der Waals surface area contributed by atoms with Crippen LogP contribution in [0.4, 0.5) is 0 Å². The number of rotatable bonds is 2. The first kappa shape index (κ1) is 8.92. The largest absolute Gasteiger partial charge is 0.323 e. The van der Waals surface area contributed by atoms with Gasteiger partial charge in [-0.25, -0.2) is 4.98 Å². The first-order chi connectivity index (χ1) is 7.27. The summed E-state index contributed by atoms with van der Waals surface area (Å²) in [5, 5.41) is 0. The predicted octanol–water partition coefficient (Wildman–Crippen LogP) is 2.23. The van der Waals surface area contributed by atoms with Crippen molar-refractivity contribution in [1.29, 1.82) is 0 Å². The zero-order chi connectivity index (χ0) is 10.4. The number of nitrogens with zero attached hydrogens (tertiary/aromatic N) is 2. The van der Waals surface area contributed by atoms with Gasteiger partial charge < -0.3 is 10.1 Å². The molecule has 0 bridgehead atoms. The molecule has 2 aromatic heterocycles. The number of fused-ring (bicyclic) bond motifs is 1.